The van der Waals surface area contributed by atoms with Crippen molar-refractivity contribution in [3.63, 3.8) is 0 Å². The van der Waals surface area contributed by atoms with Crippen LogP contribution in [0.25, 0.3) is 0 Å². The molecule has 110 valence electrons. The van der Waals surface area contributed by atoms with Crippen LogP contribution in [0.5, 0.6) is 0 Å². The first-order valence-corrected chi connectivity index (χ1v) is 8.14. The molecule has 0 radical (unpaired) electrons. The first kappa shape index (κ1) is 15.2. The van der Waals surface area contributed by atoms with Crippen molar-refractivity contribution in [2.24, 2.45) is 0 Å². The molecule has 0 amide bonds. The zero-order chi connectivity index (χ0) is 14.5. The van der Waals surface area contributed by atoms with E-state index < -0.39 is 0 Å². The normalized spacial score (nSPS) is 11.2. The van der Waals surface area contributed by atoms with Crippen molar-refractivity contribution in [3.8, 4) is 0 Å². The molecule has 0 aliphatic rings. The number of hydrogen-bond donors (Lipinski definition) is 1. The molecule has 0 saturated carbocycles. The quantitative estimate of drug-likeness (QED) is 0.798. The van der Waals surface area contributed by atoms with Gasteiger partial charge >= 0.3 is 0 Å². The van der Waals surface area contributed by atoms with E-state index in [1.165, 1.54) is 16.1 Å². The molecule has 2 aromatic rings. The number of nitrogens with one attached hydrogen (secondary N) is 1. The SMILES string of the molecule is CCCNCc1c(C)nn(CCc2scnc2C)c1C. The second-order valence-electron chi connectivity index (χ2n) is 5.16. The number of aromatic nitrogens is 3. The third-order valence-corrected chi connectivity index (χ3v) is 4.65. The average Bonchev–Trinajstić information content (AvgIpc) is 2.94. The minimum atomic E-state index is 0.922. The van der Waals surface area contributed by atoms with E-state index in [4.69, 9.17) is 0 Å². The summed E-state index contributed by atoms with van der Waals surface area (Å²) in [6.45, 7) is 11.5. The van der Waals surface area contributed by atoms with Crippen molar-refractivity contribution >= 4 is 11.3 Å². The molecule has 0 aromatic carbocycles. The lowest BCUT2D eigenvalue weighted by Gasteiger charge is -2.06. The third-order valence-electron chi connectivity index (χ3n) is 3.66. The van der Waals surface area contributed by atoms with Crippen molar-refractivity contribution in [1.82, 2.24) is 20.1 Å². The van der Waals surface area contributed by atoms with Crippen molar-refractivity contribution < 1.29 is 0 Å². The summed E-state index contributed by atoms with van der Waals surface area (Å²) in [6, 6.07) is 0. The van der Waals surface area contributed by atoms with Crippen LogP contribution in [0.1, 0.15) is 40.9 Å². The molecule has 0 atom stereocenters. The average molecular weight is 292 g/mol. The minimum absolute atomic E-state index is 0.922. The molecule has 0 aliphatic heterocycles. The predicted octanol–water partition coefficient (Wildman–Crippen LogP) is 3.01. The molecule has 0 spiro atoms. The number of thiazole rings is 1. The van der Waals surface area contributed by atoms with Gasteiger partial charge in [-0.3, -0.25) is 4.68 Å². The van der Waals surface area contributed by atoms with Gasteiger partial charge in [-0.15, -0.1) is 11.3 Å². The molecule has 2 aromatic heterocycles. The lowest BCUT2D eigenvalue weighted by atomic mass is 10.2. The number of hydrogen-bond acceptors (Lipinski definition) is 4. The molecule has 0 unspecified atom stereocenters. The highest BCUT2D eigenvalue weighted by atomic mass is 32.1. The Labute approximate surface area is 125 Å². The van der Waals surface area contributed by atoms with E-state index >= 15 is 0 Å². The molecular weight excluding hydrogens is 268 g/mol. The van der Waals surface area contributed by atoms with Gasteiger partial charge in [-0.25, -0.2) is 4.98 Å². The molecular formula is C15H24N4S. The maximum atomic E-state index is 4.68. The maximum Gasteiger partial charge on any atom is 0.0797 e. The summed E-state index contributed by atoms with van der Waals surface area (Å²) in [5.74, 6) is 0. The zero-order valence-corrected chi connectivity index (χ0v) is 13.7. The number of aryl methyl sites for hydroxylation is 4. The van der Waals surface area contributed by atoms with Gasteiger partial charge in [0.1, 0.15) is 0 Å². The second kappa shape index (κ2) is 6.99. The smallest absolute Gasteiger partial charge is 0.0797 e. The molecule has 20 heavy (non-hydrogen) atoms. The van der Waals surface area contributed by atoms with Gasteiger partial charge in [0.05, 0.1) is 16.9 Å². The topological polar surface area (TPSA) is 42.7 Å². The highest BCUT2D eigenvalue weighted by Gasteiger charge is 2.11. The minimum Gasteiger partial charge on any atom is -0.313 e. The van der Waals surface area contributed by atoms with Crippen molar-refractivity contribution in [3.05, 3.63) is 33.0 Å². The van der Waals surface area contributed by atoms with Gasteiger partial charge in [-0.05, 0) is 33.7 Å². The van der Waals surface area contributed by atoms with Gasteiger partial charge in [-0.1, -0.05) is 6.92 Å². The van der Waals surface area contributed by atoms with Gasteiger partial charge in [0.2, 0.25) is 0 Å². The maximum absolute atomic E-state index is 4.68. The molecule has 0 bridgehead atoms. The van der Waals surface area contributed by atoms with E-state index in [0.29, 0.717) is 0 Å². The molecule has 2 rings (SSSR count). The van der Waals surface area contributed by atoms with Gasteiger partial charge in [0.25, 0.3) is 0 Å². The second-order valence-corrected chi connectivity index (χ2v) is 6.10. The van der Waals surface area contributed by atoms with E-state index in [-0.39, 0.29) is 0 Å². The van der Waals surface area contributed by atoms with Gasteiger partial charge in [-0.2, -0.15) is 5.10 Å². The Morgan fingerprint density at radius 1 is 1.25 bits per heavy atom. The fourth-order valence-corrected chi connectivity index (χ4v) is 3.14. The van der Waals surface area contributed by atoms with Crippen LogP contribution in [-0.2, 0) is 19.5 Å². The van der Waals surface area contributed by atoms with Crippen molar-refractivity contribution in [1.29, 1.82) is 0 Å². The van der Waals surface area contributed by atoms with Gasteiger partial charge < -0.3 is 5.32 Å². The Bertz CT molecular complexity index is 556. The standard InChI is InChI=1S/C15H24N4S/c1-5-7-16-9-14-11(2)18-19(13(14)4)8-6-15-12(3)17-10-20-15/h10,16H,5-9H2,1-4H3. The Balaban J connectivity index is 2.02. The van der Waals surface area contributed by atoms with E-state index in [1.54, 1.807) is 11.3 Å². The third kappa shape index (κ3) is 3.46. The van der Waals surface area contributed by atoms with Crippen molar-refractivity contribution in [2.45, 2.75) is 53.6 Å². The van der Waals surface area contributed by atoms with Crippen LogP contribution < -0.4 is 5.32 Å². The summed E-state index contributed by atoms with van der Waals surface area (Å²) < 4.78 is 2.14. The summed E-state index contributed by atoms with van der Waals surface area (Å²) in [5, 5.41) is 8.14. The summed E-state index contributed by atoms with van der Waals surface area (Å²) in [4.78, 5) is 5.67. The zero-order valence-electron chi connectivity index (χ0n) is 12.9. The molecule has 0 aliphatic carbocycles. The van der Waals surface area contributed by atoms with Crippen LogP contribution in [0.3, 0.4) is 0 Å². The van der Waals surface area contributed by atoms with E-state index in [1.807, 2.05) is 5.51 Å². The molecule has 0 fully saturated rings. The summed E-state index contributed by atoms with van der Waals surface area (Å²) in [7, 11) is 0. The van der Waals surface area contributed by atoms with Gasteiger partial charge in [0, 0.05) is 35.6 Å². The molecule has 2 heterocycles. The van der Waals surface area contributed by atoms with Gasteiger partial charge in [0.15, 0.2) is 0 Å². The lowest BCUT2D eigenvalue weighted by Crippen LogP contribution is -2.15. The fraction of sp³-hybridized carbons (Fsp3) is 0.600. The van der Waals surface area contributed by atoms with Crippen LogP contribution in [0.4, 0.5) is 0 Å². The first-order chi connectivity index (χ1) is 9.63. The van der Waals surface area contributed by atoms with Crippen LogP contribution >= 0.6 is 11.3 Å². The van der Waals surface area contributed by atoms with E-state index in [0.717, 1.165) is 43.9 Å². The number of rotatable bonds is 7. The molecule has 5 heteroatoms. The Morgan fingerprint density at radius 2 is 2.05 bits per heavy atom. The van der Waals surface area contributed by atoms with E-state index in [9.17, 15) is 0 Å². The summed E-state index contributed by atoms with van der Waals surface area (Å²) in [6.07, 6.45) is 2.18. The Morgan fingerprint density at radius 3 is 2.70 bits per heavy atom. The van der Waals surface area contributed by atoms with Crippen LogP contribution in [-0.4, -0.2) is 21.3 Å². The van der Waals surface area contributed by atoms with E-state index in [2.05, 4.69) is 47.8 Å². The highest BCUT2D eigenvalue weighted by molar-refractivity contribution is 7.09. The number of nitrogens with zero attached hydrogens (tertiary/aromatic N) is 3. The molecule has 4 nitrogen and oxygen atoms in total. The monoisotopic (exact) mass is 292 g/mol. The van der Waals surface area contributed by atoms with Crippen molar-refractivity contribution in [2.75, 3.05) is 6.54 Å². The first-order valence-electron chi connectivity index (χ1n) is 7.26. The molecule has 0 saturated heterocycles. The lowest BCUT2D eigenvalue weighted by molar-refractivity contribution is 0.593. The Hall–Kier alpha value is -1.20. The molecule has 1 N–H and O–H groups in total. The Kier molecular flexibility index (Phi) is 5.31. The van der Waals surface area contributed by atoms with Crippen LogP contribution in [0.15, 0.2) is 5.51 Å². The summed E-state index contributed by atoms with van der Waals surface area (Å²) >= 11 is 1.74. The fourth-order valence-electron chi connectivity index (χ4n) is 2.37. The highest BCUT2D eigenvalue weighted by Crippen LogP contribution is 2.16. The van der Waals surface area contributed by atoms with Crippen LogP contribution in [0, 0.1) is 20.8 Å². The predicted molar refractivity (Wildman–Crippen MR) is 84.3 cm³/mol. The largest absolute Gasteiger partial charge is 0.313 e. The van der Waals surface area contributed by atoms with Crippen LogP contribution in [0.2, 0.25) is 0 Å². The summed E-state index contributed by atoms with van der Waals surface area (Å²) in [5.41, 5.74) is 6.85.